The van der Waals surface area contributed by atoms with Gasteiger partial charge in [-0.25, -0.2) is 0 Å². The van der Waals surface area contributed by atoms with Gasteiger partial charge < -0.3 is 20.1 Å². The van der Waals surface area contributed by atoms with Gasteiger partial charge in [0.1, 0.15) is 5.82 Å². The van der Waals surface area contributed by atoms with E-state index in [1.807, 2.05) is 7.05 Å². The summed E-state index contributed by atoms with van der Waals surface area (Å²) in [7, 11) is 3.53. The van der Waals surface area contributed by atoms with Crippen LogP contribution >= 0.6 is 0 Å². The number of carbonyl (C=O) groups is 1. The van der Waals surface area contributed by atoms with Gasteiger partial charge in [-0.2, -0.15) is 0 Å². The molecule has 144 valence electrons. The number of carbonyl (C=O) groups excluding carboxylic acids is 1. The molecule has 8 heteroatoms. The van der Waals surface area contributed by atoms with Crippen molar-refractivity contribution in [3.8, 4) is 0 Å². The van der Waals surface area contributed by atoms with E-state index in [2.05, 4.69) is 35.3 Å². The van der Waals surface area contributed by atoms with Crippen molar-refractivity contribution in [2.75, 3.05) is 27.2 Å². The minimum Gasteiger partial charge on any atom is -0.359 e. The monoisotopic (exact) mass is 361 g/mol. The number of nitrogens with one attached hydrogen (secondary N) is 2. The zero-order valence-electron chi connectivity index (χ0n) is 16.0. The van der Waals surface area contributed by atoms with Crippen LogP contribution in [-0.4, -0.2) is 58.7 Å². The highest BCUT2D eigenvalue weighted by Crippen LogP contribution is 2.20. The summed E-state index contributed by atoms with van der Waals surface area (Å²) in [6, 6.07) is 0. The Morgan fingerprint density at radius 1 is 1.19 bits per heavy atom. The number of aliphatic imine (C=N–C) groups is 1. The van der Waals surface area contributed by atoms with Crippen molar-refractivity contribution in [1.82, 2.24) is 30.3 Å². The number of piperidine rings is 1. The summed E-state index contributed by atoms with van der Waals surface area (Å²) < 4.78 is 2.27. The van der Waals surface area contributed by atoms with E-state index in [4.69, 9.17) is 0 Å². The molecule has 8 nitrogen and oxygen atoms in total. The largest absolute Gasteiger partial charge is 0.359 e. The van der Waals surface area contributed by atoms with Crippen molar-refractivity contribution < 1.29 is 4.79 Å². The van der Waals surface area contributed by atoms with Crippen LogP contribution in [0.15, 0.2) is 4.99 Å². The van der Waals surface area contributed by atoms with Crippen LogP contribution in [0.2, 0.25) is 0 Å². The van der Waals surface area contributed by atoms with Crippen LogP contribution in [0.1, 0.15) is 50.2 Å². The van der Waals surface area contributed by atoms with Crippen molar-refractivity contribution in [3.63, 3.8) is 0 Å². The molecule has 0 atom stereocenters. The molecule has 1 amide bonds. The first-order valence-corrected chi connectivity index (χ1v) is 9.78. The average Bonchev–Trinajstić information content (AvgIpc) is 2.89. The molecule has 0 radical (unpaired) electrons. The molecule has 0 aliphatic carbocycles. The molecule has 1 aromatic rings. The Balaban J connectivity index is 1.52. The van der Waals surface area contributed by atoms with Crippen molar-refractivity contribution in [2.24, 2.45) is 10.9 Å². The highest BCUT2D eigenvalue weighted by atomic mass is 16.1. The number of hydrogen-bond acceptors (Lipinski definition) is 4. The minimum atomic E-state index is 0.137. The first-order valence-electron chi connectivity index (χ1n) is 9.78. The van der Waals surface area contributed by atoms with Crippen LogP contribution in [-0.2, 0) is 24.3 Å². The van der Waals surface area contributed by atoms with Crippen LogP contribution in [0, 0.1) is 5.92 Å². The third-order valence-electron chi connectivity index (χ3n) is 5.47. The predicted molar refractivity (Wildman–Crippen MR) is 101 cm³/mol. The molecule has 0 saturated carbocycles. The molecule has 3 heterocycles. The molecular weight excluding hydrogens is 330 g/mol. The number of guanidine groups is 1. The summed E-state index contributed by atoms with van der Waals surface area (Å²) in [6.45, 7) is 3.53. The van der Waals surface area contributed by atoms with Crippen LogP contribution in [0.3, 0.4) is 0 Å². The Labute approximate surface area is 155 Å². The summed E-state index contributed by atoms with van der Waals surface area (Å²) in [5, 5.41) is 14.9. The van der Waals surface area contributed by atoms with E-state index in [1.54, 1.807) is 7.05 Å². The number of nitrogens with zero attached hydrogens (tertiary/aromatic N) is 5. The highest BCUT2D eigenvalue weighted by Gasteiger charge is 2.23. The van der Waals surface area contributed by atoms with E-state index in [9.17, 15) is 4.79 Å². The smallest absolute Gasteiger partial charge is 0.220 e. The maximum atomic E-state index is 11.6. The average molecular weight is 361 g/mol. The van der Waals surface area contributed by atoms with E-state index >= 15 is 0 Å². The van der Waals surface area contributed by atoms with Gasteiger partial charge in [0, 0.05) is 46.6 Å². The Morgan fingerprint density at radius 3 is 2.73 bits per heavy atom. The Morgan fingerprint density at radius 2 is 2.00 bits per heavy atom. The van der Waals surface area contributed by atoms with Gasteiger partial charge >= 0.3 is 0 Å². The number of aromatic nitrogens is 3. The van der Waals surface area contributed by atoms with Crippen molar-refractivity contribution in [3.05, 3.63) is 11.6 Å². The van der Waals surface area contributed by atoms with Gasteiger partial charge in [0.15, 0.2) is 11.8 Å². The van der Waals surface area contributed by atoms with E-state index < -0.39 is 0 Å². The first-order chi connectivity index (χ1) is 12.7. The molecule has 2 aliphatic heterocycles. The second-order valence-corrected chi connectivity index (χ2v) is 7.20. The predicted octanol–water partition coefficient (Wildman–Crippen LogP) is 0.928. The van der Waals surface area contributed by atoms with Crippen molar-refractivity contribution in [2.45, 2.75) is 58.0 Å². The summed E-state index contributed by atoms with van der Waals surface area (Å²) in [4.78, 5) is 18.3. The zero-order valence-corrected chi connectivity index (χ0v) is 16.0. The van der Waals surface area contributed by atoms with Gasteiger partial charge in [-0.15, -0.1) is 10.2 Å². The van der Waals surface area contributed by atoms with Gasteiger partial charge in [0.05, 0.1) is 6.54 Å². The number of likely N-dealkylation sites (tertiary alicyclic amines) is 1. The highest BCUT2D eigenvalue weighted by molar-refractivity contribution is 5.80. The number of rotatable bonds is 4. The number of fused-ring (bicyclic) bond motifs is 1. The van der Waals surface area contributed by atoms with Gasteiger partial charge in [0.25, 0.3) is 0 Å². The maximum absolute atomic E-state index is 11.6. The molecule has 1 aromatic heterocycles. The van der Waals surface area contributed by atoms with Gasteiger partial charge in [-0.1, -0.05) is 6.42 Å². The number of aryl methyl sites for hydroxylation is 1. The lowest BCUT2D eigenvalue weighted by Gasteiger charge is -2.34. The minimum absolute atomic E-state index is 0.137. The second-order valence-electron chi connectivity index (χ2n) is 7.20. The summed E-state index contributed by atoms with van der Waals surface area (Å²) in [5.41, 5.74) is 0. The van der Waals surface area contributed by atoms with Gasteiger partial charge in [-0.3, -0.25) is 9.79 Å². The van der Waals surface area contributed by atoms with Crippen LogP contribution in [0.25, 0.3) is 0 Å². The second kappa shape index (κ2) is 9.00. The normalized spacial score (nSPS) is 19.0. The number of hydrogen-bond donors (Lipinski definition) is 2. The molecule has 2 aliphatic rings. The standard InChI is InChI=1S/C18H31N7O/c1-19-17(26)12-14-7-10-24(11-8-14)18(20-2)21-13-16-23-22-15-6-4-3-5-9-25(15)16/h14H,3-13H2,1-2H3,(H,19,26)(H,20,21). The molecular formula is C18H31N7O. The molecule has 0 unspecified atom stereocenters. The van der Waals surface area contributed by atoms with Gasteiger partial charge in [-0.05, 0) is 31.6 Å². The van der Waals surface area contributed by atoms with E-state index in [-0.39, 0.29) is 5.91 Å². The fourth-order valence-corrected chi connectivity index (χ4v) is 3.88. The van der Waals surface area contributed by atoms with E-state index in [0.717, 1.165) is 56.5 Å². The summed E-state index contributed by atoms with van der Waals surface area (Å²) >= 11 is 0. The molecule has 0 aromatic carbocycles. The molecule has 3 rings (SSSR count). The Bertz CT molecular complexity index is 631. The van der Waals surface area contributed by atoms with Crippen molar-refractivity contribution >= 4 is 11.9 Å². The van der Waals surface area contributed by atoms with E-state index in [1.165, 1.54) is 19.3 Å². The SMILES string of the molecule is CN=C(NCc1nnc2n1CCCCC2)N1CCC(CC(=O)NC)CC1. The fraction of sp³-hybridized carbons (Fsp3) is 0.778. The van der Waals surface area contributed by atoms with Crippen LogP contribution in [0.5, 0.6) is 0 Å². The van der Waals surface area contributed by atoms with Gasteiger partial charge in [0.2, 0.25) is 5.91 Å². The Kier molecular flexibility index (Phi) is 6.46. The lowest BCUT2D eigenvalue weighted by atomic mass is 9.93. The molecule has 1 fully saturated rings. The van der Waals surface area contributed by atoms with Crippen LogP contribution < -0.4 is 10.6 Å². The molecule has 0 spiro atoms. The molecule has 0 bridgehead atoms. The third-order valence-corrected chi connectivity index (χ3v) is 5.47. The lowest BCUT2D eigenvalue weighted by molar-refractivity contribution is -0.121. The summed E-state index contributed by atoms with van der Waals surface area (Å²) in [5.74, 6) is 3.63. The lowest BCUT2D eigenvalue weighted by Crippen LogP contribution is -2.46. The Hall–Kier alpha value is -2.12. The fourth-order valence-electron chi connectivity index (χ4n) is 3.88. The van der Waals surface area contributed by atoms with Crippen molar-refractivity contribution in [1.29, 1.82) is 0 Å². The molecule has 26 heavy (non-hydrogen) atoms. The van der Waals surface area contributed by atoms with Crippen LogP contribution in [0.4, 0.5) is 0 Å². The first kappa shape index (κ1) is 18.7. The number of amides is 1. The maximum Gasteiger partial charge on any atom is 0.220 e. The topological polar surface area (TPSA) is 87.4 Å². The zero-order chi connectivity index (χ0) is 18.4. The van der Waals surface area contributed by atoms with E-state index in [0.29, 0.717) is 18.9 Å². The summed E-state index contributed by atoms with van der Waals surface area (Å²) in [6.07, 6.45) is 7.37. The molecule has 2 N–H and O–H groups in total. The quantitative estimate of drug-likeness (QED) is 0.615. The third kappa shape index (κ3) is 4.53. The molecule has 1 saturated heterocycles.